The number of nitrogens with one attached hydrogen (secondary N) is 1. The van der Waals surface area contributed by atoms with Gasteiger partial charge in [-0.3, -0.25) is 0 Å². The molecule has 0 aliphatic rings. The molecule has 3 aromatic rings. The van der Waals surface area contributed by atoms with Crippen LogP contribution in [0.25, 0.3) is 11.0 Å². The Bertz CT molecular complexity index is 1050. The molecule has 0 aliphatic heterocycles. The number of nitrogens with zero attached hydrogens (tertiary/aromatic N) is 2. The van der Waals surface area contributed by atoms with Crippen molar-refractivity contribution in [1.29, 1.82) is 0 Å². The fraction of sp³-hybridized carbons (Fsp3) is 0.381. The van der Waals surface area contributed by atoms with Gasteiger partial charge in [0.25, 0.3) is 0 Å². The Labute approximate surface area is 161 Å². The van der Waals surface area contributed by atoms with Gasteiger partial charge in [-0.2, -0.15) is 0 Å². The van der Waals surface area contributed by atoms with Crippen LogP contribution in [0.2, 0.25) is 0 Å². The van der Waals surface area contributed by atoms with Gasteiger partial charge < -0.3 is 4.57 Å². The van der Waals surface area contributed by atoms with Crippen LogP contribution in [-0.4, -0.2) is 24.5 Å². The van der Waals surface area contributed by atoms with E-state index in [4.69, 9.17) is 0 Å². The summed E-state index contributed by atoms with van der Waals surface area (Å²) in [5.74, 6) is 0.513. The van der Waals surface area contributed by atoms with Gasteiger partial charge in [-0.15, -0.1) is 0 Å². The molecule has 0 amide bonds. The number of hydrogen-bond donors (Lipinski definition) is 1. The maximum absolute atomic E-state index is 12.6. The Kier molecular flexibility index (Phi) is 5.67. The third-order valence-electron chi connectivity index (χ3n) is 4.75. The van der Waals surface area contributed by atoms with Gasteiger partial charge in [0.1, 0.15) is 5.65 Å². The summed E-state index contributed by atoms with van der Waals surface area (Å²) in [6, 6.07) is 9.19. The van der Waals surface area contributed by atoms with E-state index in [2.05, 4.69) is 34.3 Å². The summed E-state index contributed by atoms with van der Waals surface area (Å²) in [7, 11) is -3.51. The summed E-state index contributed by atoms with van der Waals surface area (Å²) < 4.78 is 30.0. The molecule has 144 valence electrons. The lowest BCUT2D eigenvalue weighted by Crippen LogP contribution is -2.26. The molecule has 27 heavy (non-hydrogen) atoms. The molecule has 2 aromatic heterocycles. The fourth-order valence-corrected chi connectivity index (χ4v) is 4.33. The van der Waals surface area contributed by atoms with E-state index in [0.29, 0.717) is 23.8 Å². The van der Waals surface area contributed by atoms with Crippen LogP contribution in [0.4, 0.5) is 0 Å². The summed E-state index contributed by atoms with van der Waals surface area (Å²) in [4.78, 5) is 4.82. The van der Waals surface area contributed by atoms with Crippen molar-refractivity contribution in [3.63, 3.8) is 0 Å². The number of aromatic nitrogens is 2. The van der Waals surface area contributed by atoms with Gasteiger partial charge in [0, 0.05) is 30.9 Å². The van der Waals surface area contributed by atoms with Gasteiger partial charge in [-0.1, -0.05) is 19.9 Å². The normalized spacial score (nSPS) is 12.2. The number of fused-ring (bicyclic) bond motifs is 1. The number of rotatable bonds is 7. The Morgan fingerprint density at radius 3 is 2.63 bits per heavy atom. The summed E-state index contributed by atoms with van der Waals surface area (Å²) in [6.07, 6.45) is 4.52. The van der Waals surface area contributed by atoms with Gasteiger partial charge in [-0.05, 0) is 67.1 Å². The predicted octanol–water partition coefficient (Wildman–Crippen LogP) is 3.83. The largest absolute Gasteiger partial charge is 0.332 e. The molecule has 0 radical (unpaired) electrons. The van der Waals surface area contributed by atoms with Gasteiger partial charge in [0.05, 0.1) is 4.90 Å². The van der Waals surface area contributed by atoms with Crippen molar-refractivity contribution in [3.05, 3.63) is 59.4 Å². The molecular formula is C21H27N3O2S. The molecule has 0 aliphatic carbocycles. The molecule has 1 aromatic carbocycles. The van der Waals surface area contributed by atoms with E-state index < -0.39 is 10.0 Å². The lowest BCUT2D eigenvalue weighted by Gasteiger charge is -2.08. The third-order valence-corrected chi connectivity index (χ3v) is 6.21. The van der Waals surface area contributed by atoms with E-state index in [1.165, 1.54) is 0 Å². The van der Waals surface area contributed by atoms with Gasteiger partial charge in [-0.25, -0.2) is 18.1 Å². The minimum atomic E-state index is -3.51. The van der Waals surface area contributed by atoms with Gasteiger partial charge >= 0.3 is 0 Å². The zero-order valence-corrected chi connectivity index (χ0v) is 17.2. The summed E-state index contributed by atoms with van der Waals surface area (Å²) >= 11 is 0. The van der Waals surface area contributed by atoms with Gasteiger partial charge in [0.15, 0.2) is 0 Å². The highest BCUT2D eigenvalue weighted by atomic mass is 32.2. The first-order valence-electron chi connectivity index (χ1n) is 9.27. The smallest absolute Gasteiger partial charge is 0.240 e. The molecule has 0 bridgehead atoms. The molecule has 5 nitrogen and oxygen atoms in total. The van der Waals surface area contributed by atoms with Crippen molar-refractivity contribution in [2.75, 3.05) is 6.54 Å². The average Bonchev–Trinajstić information content (AvgIpc) is 2.94. The molecule has 0 spiro atoms. The summed E-state index contributed by atoms with van der Waals surface area (Å²) in [5.41, 5.74) is 4.12. The number of aryl methyl sites for hydroxylation is 2. The Balaban J connectivity index is 1.76. The number of hydrogen-bond acceptors (Lipinski definition) is 3. The van der Waals surface area contributed by atoms with Crippen LogP contribution in [0, 0.1) is 19.8 Å². The van der Waals surface area contributed by atoms with Crippen LogP contribution >= 0.6 is 0 Å². The van der Waals surface area contributed by atoms with Crippen molar-refractivity contribution in [2.24, 2.45) is 5.92 Å². The Morgan fingerprint density at radius 2 is 1.93 bits per heavy atom. The number of sulfonamides is 1. The van der Waals surface area contributed by atoms with Crippen molar-refractivity contribution >= 4 is 21.1 Å². The van der Waals surface area contributed by atoms with E-state index in [0.717, 1.165) is 34.3 Å². The second kappa shape index (κ2) is 7.82. The maximum Gasteiger partial charge on any atom is 0.240 e. The lowest BCUT2D eigenvalue weighted by atomic mass is 10.1. The molecule has 0 fully saturated rings. The summed E-state index contributed by atoms with van der Waals surface area (Å²) in [5, 5.41) is 1.09. The van der Waals surface area contributed by atoms with Crippen molar-refractivity contribution in [2.45, 2.75) is 45.6 Å². The standard InChI is InChI=1S/C21H27N3O2S/c1-15(2)13-24-14-18(20-6-5-10-22-21(20)24)9-11-23-27(25,26)19-8-7-16(3)17(4)12-19/h5-8,10,12,14-15,23H,9,11,13H2,1-4H3. The highest BCUT2D eigenvalue weighted by Crippen LogP contribution is 2.21. The van der Waals surface area contributed by atoms with Crippen LogP contribution < -0.4 is 4.72 Å². The molecule has 3 rings (SSSR count). The quantitative estimate of drug-likeness (QED) is 0.672. The second-order valence-corrected chi connectivity index (χ2v) is 9.24. The minimum Gasteiger partial charge on any atom is -0.332 e. The number of pyridine rings is 1. The van der Waals surface area contributed by atoms with E-state index in [1.807, 2.05) is 32.0 Å². The first kappa shape index (κ1) is 19.6. The monoisotopic (exact) mass is 385 g/mol. The van der Waals surface area contributed by atoms with Gasteiger partial charge in [0.2, 0.25) is 10.0 Å². The molecule has 0 atom stereocenters. The lowest BCUT2D eigenvalue weighted by molar-refractivity contribution is 0.532. The summed E-state index contributed by atoms with van der Waals surface area (Å²) in [6.45, 7) is 9.48. The highest BCUT2D eigenvalue weighted by Gasteiger charge is 2.15. The van der Waals surface area contributed by atoms with Crippen LogP contribution in [0.3, 0.4) is 0 Å². The third kappa shape index (κ3) is 4.39. The van der Waals surface area contributed by atoms with Crippen LogP contribution in [0.5, 0.6) is 0 Å². The first-order chi connectivity index (χ1) is 12.8. The van der Waals surface area contributed by atoms with Crippen molar-refractivity contribution in [3.8, 4) is 0 Å². The highest BCUT2D eigenvalue weighted by molar-refractivity contribution is 7.89. The van der Waals surface area contributed by atoms with Crippen LogP contribution in [0.15, 0.2) is 47.6 Å². The van der Waals surface area contributed by atoms with Crippen LogP contribution in [0.1, 0.15) is 30.5 Å². The molecule has 6 heteroatoms. The second-order valence-electron chi connectivity index (χ2n) is 7.47. The number of benzene rings is 1. The molecule has 0 saturated heterocycles. The van der Waals surface area contributed by atoms with E-state index in [-0.39, 0.29) is 0 Å². The zero-order valence-electron chi connectivity index (χ0n) is 16.4. The first-order valence-corrected chi connectivity index (χ1v) is 10.8. The van der Waals surface area contributed by atoms with E-state index in [9.17, 15) is 8.42 Å². The Hall–Kier alpha value is -2.18. The molecule has 0 unspecified atom stereocenters. The topological polar surface area (TPSA) is 64.0 Å². The maximum atomic E-state index is 12.6. The van der Waals surface area contributed by atoms with E-state index >= 15 is 0 Å². The Morgan fingerprint density at radius 1 is 1.15 bits per heavy atom. The van der Waals surface area contributed by atoms with E-state index in [1.54, 1.807) is 18.3 Å². The molecular weight excluding hydrogens is 358 g/mol. The van der Waals surface area contributed by atoms with Crippen LogP contribution in [-0.2, 0) is 23.0 Å². The fourth-order valence-electron chi connectivity index (χ4n) is 3.21. The predicted molar refractivity (Wildman–Crippen MR) is 109 cm³/mol. The SMILES string of the molecule is Cc1ccc(S(=O)(=O)NCCc2cn(CC(C)C)c3ncccc23)cc1C. The molecule has 0 saturated carbocycles. The van der Waals surface area contributed by atoms with Crippen molar-refractivity contribution < 1.29 is 8.42 Å². The zero-order chi connectivity index (χ0) is 19.6. The minimum absolute atomic E-state index is 0.314. The molecule has 1 N–H and O–H groups in total. The molecule has 2 heterocycles. The van der Waals surface area contributed by atoms with Crippen molar-refractivity contribution in [1.82, 2.24) is 14.3 Å². The average molecular weight is 386 g/mol.